The first-order valence-corrected chi connectivity index (χ1v) is 13.3. The molecule has 7 nitrogen and oxygen atoms in total. The molecule has 0 spiro atoms. The molecule has 9 heteroatoms. The van der Waals surface area contributed by atoms with Gasteiger partial charge in [-0.15, -0.1) is 0 Å². The summed E-state index contributed by atoms with van der Waals surface area (Å²) in [6.07, 6.45) is 4.67. The number of hydrogen-bond donors (Lipinski definition) is 2. The summed E-state index contributed by atoms with van der Waals surface area (Å²) in [4.78, 5) is 20.0. The highest BCUT2D eigenvalue weighted by Crippen LogP contribution is 2.53. The molecular weight excluding hydrogens is 495 g/mol. The first-order chi connectivity index (χ1) is 17.5. The molecular formula is C28H34ClFN4O3. The smallest absolute Gasteiger partial charge is 0.274 e. The largest absolute Gasteiger partial charge is 0.379 e. The fourth-order valence-corrected chi connectivity index (χ4v) is 6.43. The maximum absolute atomic E-state index is 13.5. The summed E-state index contributed by atoms with van der Waals surface area (Å²) >= 11 is 5.87. The second-order valence-corrected chi connectivity index (χ2v) is 11.6. The van der Waals surface area contributed by atoms with Crippen LogP contribution in [0.4, 0.5) is 10.1 Å². The van der Waals surface area contributed by atoms with E-state index < -0.39 is 11.4 Å². The molecule has 1 amide bonds. The molecule has 2 heterocycles. The summed E-state index contributed by atoms with van der Waals surface area (Å²) in [5, 5.41) is 14.1. The van der Waals surface area contributed by atoms with Crippen molar-refractivity contribution in [2.24, 2.45) is 18.9 Å². The van der Waals surface area contributed by atoms with Gasteiger partial charge in [0.25, 0.3) is 5.91 Å². The third-order valence-corrected chi connectivity index (χ3v) is 8.48. The number of imidazole rings is 1. The van der Waals surface area contributed by atoms with Crippen LogP contribution < -0.4 is 5.32 Å². The van der Waals surface area contributed by atoms with E-state index in [2.05, 4.69) is 40.9 Å². The minimum Gasteiger partial charge on any atom is -0.379 e. The lowest BCUT2D eigenvalue weighted by atomic mass is 9.91. The number of hydrogen-bond acceptors (Lipinski definition) is 5. The number of nitrogens with zero attached hydrogens (tertiary/aromatic N) is 3. The summed E-state index contributed by atoms with van der Waals surface area (Å²) in [6.45, 7) is 7.34. The quantitative estimate of drug-likeness (QED) is 0.581. The number of fused-ring (bicyclic) bond motifs is 1. The average molecular weight is 529 g/mol. The topological polar surface area (TPSA) is 79.6 Å². The number of nitrogens with one attached hydrogen (secondary N) is 1. The van der Waals surface area contributed by atoms with Crippen LogP contribution in [-0.4, -0.2) is 62.9 Å². The Kier molecular flexibility index (Phi) is 7.10. The summed E-state index contributed by atoms with van der Waals surface area (Å²) in [7, 11) is 1.80. The highest BCUT2D eigenvalue weighted by atomic mass is 35.5. The second kappa shape index (κ2) is 10.0. The maximum atomic E-state index is 13.5. The number of aryl methyl sites for hydroxylation is 1. The van der Waals surface area contributed by atoms with E-state index in [0.29, 0.717) is 49.3 Å². The van der Waals surface area contributed by atoms with Gasteiger partial charge in [-0.3, -0.25) is 9.69 Å². The van der Waals surface area contributed by atoms with Gasteiger partial charge in [-0.25, -0.2) is 9.37 Å². The molecule has 2 aromatic rings. The van der Waals surface area contributed by atoms with Crippen LogP contribution in [0.25, 0.3) is 0 Å². The van der Waals surface area contributed by atoms with Gasteiger partial charge in [-0.05, 0) is 69.6 Å². The summed E-state index contributed by atoms with van der Waals surface area (Å²) < 4.78 is 20.7. The van der Waals surface area contributed by atoms with E-state index in [-0.39, 0.29) is 22.4 Å². The van der Waals surface area contributed by atoms with Crippen molar-refractivity contribution in [1.29, 1.82) is 0 Å². The Bertz CT molecular complexity index is 1230. The van der Waals surface area contributed by atoms with Crippen LogP contribution in [0.5, 0.6) is 0 Å². The van der Waals surface area contributed by atoms with E-state index >= 15 is 0 Å². The number of aromatic nitrogens is 2. The van der Waals surface area contributed by atoms with Crippen LogP contribution in [0, 0.1) is 29.5 Å². The molecule has 2 saturated carbocycles. The van der Waals surface area contributed by atoms with Gasteiger partial charge < -0.3 is 19.7 Å². The zero-order valence-electron chi connectivity index (χ0n) is 21.6. The lowest BCUT2D eigenvalue weighted by Gasteiger charge is -2.37. The van der Waals surface area contributed by atoms with E-state index in [9.17, 15) is 14.3 Å². The molecule has 0 radical (unpaired) electrons. The van der Waals surface area contributed by atoms with Gasteiger partial charge in [0, 0.05) is 31.7 Å². The van der Waals surface area contributed by atoms with Gasteiger partial charge in [0.1, 0.15) is 17.1 Å². The zero-order valence-corrected chi connectivity index (χ0v) is 22.3. The Labute approximate surface area is 222 Å². The van der Waals surface area contributed by atoms with E-state index in [1.165, 1.54) is 18.2 Å². The average Bonchev–Trinajstić information content (AvgIpc) is 3.52. The van der Waals surface area contributed by atoms with Crippen molar-refractivity contribution >= 4 is 23.2 Å². The summed E-state index contributed by atoms with van der Waals surface area (Å²) in [5.74, 6) is 6.59. The Morgan fingerprint density at radius 2 is 1.95 bits per heavy atom. The predicted octanol–water partition coefficient (Wildman–Crippen LogP) is 4.21. The van der Waals surface area contributed by atoms with Crippen molar-refractivity contribution in [3.8, 4) is 11.8 Å². The molecule has 2 N–H and O–H groups in total. The minimum atomic E-state index is -0.976. The van der Waals surface area contributed by atoms with Crippen LogP contribution in [0.1, 0.15) is 61.6 Å². The van der Waals surface area contributed by atoms with E-state index in [1.54, 1.807) is 17.9 Å². The van der Waals surface area contributed by atoms with Gasteiger partial charge in [0.15, 0.2) is 0 Å². The number of carbonyl (C=O) groups excluding carboxylic acids is 1. The molecule has 2 aliphatic carbocycles. The second-order valence-electron chi connectivity index (χ2n) is 11.2. The van der Waals surface area contributed by atoms with Crippen LogP contribution in [0.2, 0.25) is 5.02 Å². The molecule has 2 unspecified atom stereocenters. The van der Waals surface area contributed by atoms with Gasteiger partial charge in [0.05, 0.1) is 35.8 Å². The molecule has 3 aliphatic rings. The summed E-state index contributed by atoms with van der Waals surface area (Å²) in [5.41, 5.74) is 0.398. The molecule has 2 atom stereocenters. The van der Waals surface area contributed by atoms with Crippen LogP contribution in [0.3, 0.4) is 0 Å². The standard InChI is InChI=1S/C28H34ClFN4O3/c1-27(2,34-8-10-37-11-9-34)6-7-28(36)15-19-12-18(13-20(19)16-28)24-25(33(3)17-31-24)26(35)32-21-4-5-23(30)22(29)14-21/h4-5,14,17-20,36H,8-13,15-16H2,1-3H3,(H,32,35). The number of rotatable bonds is 4. The van der Waals surface area contributed by atoms with Crippen LogP contribution in [0.15, 0.2) is 24.5 Å². The molecule has 1 aliphatic heterocycles. The van der Waals surface area contributed by atoms with Crippen molar-refractivity contribution in [3.63, 3.8) is 0 Å². The molecule has 1 saturated heterocycles. The molecule has 37 heavy (non-hydrogen) atoms. The first kappa shape index (κ1) is 26.2. The van der Waals surface area contributed by atoms with Crippen LogP contribution in [-0.2, 0) is 11.8 Å². The van der Waals surface area contributed by atoms with Crippen molar-refractivity contribution in [2.45, 2.75) is 56.6 Å². The van der Waals surface area contributed by atoms with Gasteiger partial charge in [0.2, 0.25) is 0 Å². The van der Waals surface area contributed by atoms with E-state index in [4.69, 9.17) is 16.3 Å². The van der Waals surface area contributed by atoms with E-state index in [1.807, 2.05) is 0 Å². The number of benzene rings is 1. The Balaban J connectivity index is 1.26. The molecule has 0 bridgehead atoms. The molecule has 1 aromatic carbocycles. The van der Waals surface area contributed by atoms with Crippen molar-refractivity contribution < 1.29 is 19.0 Å². The van der Waals surface area contributed by atoms with Gasteiger partial charge >= 0.3 is 0 Å². The monoisotopic (exact) mass is 528 g/mol. The zero-order chi connectivity index (χ0) is 26.4. The number of halogens is 2. The first-order valence-electron chi connectivity index (χ1n) is 12.9. The lowest BCUT2D eigenvalue weighted by Crippen LogP contribution is -2.49. The molecule has 3 fully saturated rings. The molecule has 1 aromatic heterocycles. The normalized spacial score (nSPS) is 28.0. The number of amides is 1. The predicted molar refractivity (Wildman–Crippen MR) is 140 cm³/mol. The van der Waals surface area contributed by atoms with Crippen molar-refractivity contribution in [2.75, 3.05) is 31.6 Å². The van der Waals surface area contributed by atoms with Crippen molar-refractivity contribution in [3.05, 3.63) is 46.8 Å². The third kappa shape index (κ3) is 5.42. The van der Waals surface area contributed by atoms with Crippen molar-refractivity contribution in [1.82, 2.24) is 14.5 Å². The fourth-order valence-electron chi connectivity index (χ4n) is 6.25. The lowest BCUT2D eigenvalue weighted by molar-refractivity contribution is 0.00706. The SMILES string of the molecule is Cn1cnc(C2CC3CC(O)(C#CC(C)(C)N4CCOCC4)CC3C2)c1C(=O)Nc1ccc(F)c(Cl)c1. The number of ether oxygens (including phenoxy) is 1. The van der Waals surface area contributed by atoms with Gasteiger partial charge in [-0.1, -0.05) is 23.4 Å². The summed E-state index contributed by atoms with van der Waals surface area (Å²) in [6, 6.07) is 4.11. The highest BCUT2D eigenvalue weighted by Gasteiger charge is 2.49. The molecule has 198 valence electrons. The number of anilines is 1. The highest BCUT2D eigenvalue weighted by molar-refractivity contribution is 6.31. The Morgan fingerprint density at radius 3 is 2.59 bits per heavy atom. The number of morpholine rings is 1. The van der Waals surface area contributed by atoms with E-state index in [0.717, 1.165) is 31.6 Å². The van der Waals surface area contributed by atoms with Crippen LogP contribution >= 0.6 is 11.6 Å². The third-order valence-electron chi connectivity index (χ3n) is 8.19. The van der Waals surface area contributed by atoms with Gasteiger partial charge in [-0.2, -0.15) is 0 Å². The maximum Gasteiger partial charge on any atom is 0.274 e. The fraction of sp³-hybridized carbons (Fsp3) is 0.571. The molecule has 5 rings (SSSR count). The Hall–Kier alpha value is -2.44. The number of carbonyl (C=O) groups is 1. The number of aliphatic hydroxyl groups is 1. The minimum absolute atomic E-state index is 0.0458. The Morgan fingerprint density at radius 1 is 1.27 bits per heavy atom.